The van der Waals surface area contributed by atoms with Crippen LogP contribution in [0.5, 0.6) is 5.75 Å². The molecule has 0 aromatic heterocycles. The fraction of sp³-hybridized carbons (Fsp3) is 0.333. The van der Waals surface area contributed by atoms with Crippen molar-refractivity contribution in [1.82, 2.24) is 0 Å². The van der Waals surface area contributed by atoms with Gasteiger partial charge in [0, 0.05) is 12.2 Å². The van der Waals surface area contributed by atoms with Crippen molar-refractivity contribution in [1.29, 1.82) is 0 Å². The summed E-state index contributed by atoms with van der Waals surface area (Å²) < 4.78 is 5.90. The lowest BCUT2D eigenvalue weighted by molar-refractivity contribution is 0.328. The number of aryl methyl sites for hydroxylation is 3. The molecule has 2 rings (SSSR count). The minimum absolute atomic E-state index is 0.666. The quantitative estimate of drug-likeness (QED) is 0.812. The van der Waals surface area contributed by atoms with Gasteiger partial charge in [0.25, 0.3) is 0 Å². The Bertz CT molecular complexity index is 570. The minimum atomic E-state index is 0.666. The summed E-state index contributed by atoms with van der Waals surface area (Å²) in [5, 5.41) is 3.44. The Kier molecular flexibility index (Phi) is 4.67. The topological polar surface area (TPSA) is 21.3 Å². The Balaban J connectivity index is 1.89. The first-order valence-corrected chi connectivity index (χ1v) is 7.08. The molecule has 2 heteroatoms. The van der Waals surface area contributed by atoms with Gasteiger partial charge in [-0.2, -0.15) is 0 Å². The van der Waals surface area contributed by atoms with Crippen molar-refractivity contribution in [3.63, 3.8) is 0 Å². The van der Waals surface area contributed by atoms with Gasteiger partial charge in [-0.05, 0) is 56.0 Å². The number of rotatable bonds is 5. The molecular formula is C18H23NO. The first-order valence-electron chi connectivity index (χ1n) is 7.08. The zero-order valence-corrected chi connectivity index (χ0v) is 12.8. The van der Waals surface area contributed by atoms with Crippen molar-refractivity contribution >= 4 is 5.69 Å². The molecule has 0 saturated carbocycles. The lowest BCUT2D eigenvalue weighted by Crippen LogP contribution is -2.13. The van der Waals surface area contributed by atoms with Crippen molar-refractivity contribution in [2.24, 2.45) is 0 Å². The lowest BCUT2D eigenvalue weighted by Gasteiger charge is -2.14. The highest BCUT2D eigenvalue weighted by molar-refractivity contribution is 5.53. The van der Waals surface area contributed by atoms with E-state index < -0.39 is 0 Å². The van der Waals surface area contributed by atoms with Gasteiger partial charge in [-0.15, -0.1) is 0 Å². The average Bonchev–Trinajstić information content (AvgIpc) is 2.42. The molecule has 0 aliphatic heterocycles. The normalized spacial score (nSPS) is 10.4. The van der Waals surface area contributed by atoms with Gasteiger partial charge in [-0.1, -0.05) is 30.3 Å². The highest BCUT2D eigenvalue weighted by Crippen LogP contribution is 2.22. The summed E-state index contributed by atoms with van der Waals surface area (Å²) >= 11 is 0. The summed E-state index contributed by atoms with van der Waals surface area (Å²) in [6.45, 7) is 9.91. The number of hydrogen-bond donors (Lipinski definition) is 1. The molecule has 0 atom stereocenters. The lowest BCUT2D eigenvalue weighted by atomic mass is 10.1. The Hall–Kier alpha value is -1.96. The summed E-state index contributed by atoms with van der Waals surface area (Å²) in [5.74, 6) is 1.01. The number of ether oxygens (including phenoxy) is 1. The summed E-state index contributed by atoms with van der Waals surface area (Å²) in [6.07, 6.45) is 0. The summed E-state index contributed by atoms with van der Waals surface area (Å²) in [4.78, 5) is 0. The van der Waals surface area contributed by atoms with Crippen LogP contribution < -0.4 is 10.1 Å². The predicted octanol–water partition coefficient (Wildman–Crippen LogP) is 4.41. The molecule has 0 aliphatic rings. The SMILES string of the molecule is Cc1cccc(NCCOc2c(C)cccc2C)c1C. The van der Waals surface area contributed by atoms with Gasteiger partial charge in [-0.25, -0.2) is 0 Å². The zero-order valence-electron chi connectivity index (χ0n) is 12.8. The zero-order chi connectivity index (χ0) is 14.5. The molecule has 1 N–H and O–H groups in total. The maximum Gasteiger partial charge on any atom is 0.125 e. The fourth-order valence-corrected chi connectivity index (χ4v) is 2.31. The Labute approximate surface area is 121 Å². The Morgan fingerprint density at radius 3 is 2.15 bits per heavy atom. The van der Waals surface area contributed by atoms with Gasteiger partial charge >= 0.3 is 0 Å². The van der Waals surface area contributed by atoms with E-state index >= 15 is 0 Å². The van der Waals surface area contributed by atoms with Gasteiger partial charge in [0.15, 0.2) is 0 Å². The van der Waals surface area contributed by atoms with Crippen molar-refractivity contribution in [2.45, 2.75) is 27.7 Å². The maximum atomic E-state index is 5.90. The number of nitrogens with one attached hydrogen (secondary N) is 1. The van der Waals surface area contributed by atoms with E-state index in [1.807, 2.05) is 0 Å². The van der Waals surface area contributed by atoms with Crippen molar-refractivity contribution in [3.8, 4) is 5.75 Å². The van der Waals surface area contributed by atoms with Crippen molar-refractivity contribution in [2.75, 3.05) is 18.5 Å². The van der Waals surface area contributed by atoms with Crippen molar-refractivity contribution < 1.29 is 4.74 Å². The molecule has 106 valence electrons. The molecular weight excluding hydrogens is 246 g/mol. The largest absolute Gasteiger partial charge is 0.491 e. The highest BCUT2D eigenvalue weighted by atomic mass is 16.5. The first kappa shape index (κ1) is 14.4. The van der Waals surface area contributed by atoms with E-state index in [9.17, 15) is 0 Å². The van der Waals surface area contributed by atoms with Gasteiger partial charge in [0.05, 0.1) is 0 Å². The second-order valence-corrected chi connectivity index (χ2v) is 5.24. The van der Waals surface area contributed by atoms with E-state index in [4.69, 9.17) is 4.74 Å². The van der Waals surface area contributed by atoms with Crippen LogP contribution in [0.25, 0.3) is 0 Å². The number of para-hydroxylation sites is 1. The smallest absolute Gasteiger partial charge is 0.125 e. The maximum absolute atomic E-state index is 5.90. The third-order valence-corrected chi connectivity index (χ3v) is 3.68. The average molecular weight is 269 g/mol. The van der Waals surface area contributed by atoms with Gasteiger partial charge in [-0.3, -0.25) is 0 Å². The van der Waals surface area contributed by atoms with E-state index in [0.717, 1.165) is 12.3 Å². The monoisotopic (exact) mass is 269 g/mol. The molecule has 0 bridgehead atoms. The van der Waals surface area contributed by atoms with Crippen LogP contribution >= 0.6 is 0 Å². The standard InChI is InChI=1S/C18H23NO/c1-13-7-6-10-17(16(13)4)19-11-12-20-18-14(2)8-5-9-15(18)3/h5-10,19H,11-12H2,1-4H3. The number of hydrogen-bond acceptors (Lipinski definition) is 2. The molecule has 0 radical (unpaired) electrons. The predicted molar refractivity (Wildman–Crippen MR) is 85.8 cm³/mol. The van der Waals surface area contributed by atoms with Crippen LogP contribution in [0.4, 0.5) is 5.69 Å². The molecule has 20 heavy (non-hydrogen) atoms. The fourth-order valence-electron chi connectivity index (χ4n) is 2.31. The number of anilines is 1. The molecule has 0 amide bonds. The highest BCUT2D eigenvalue weighted by Gasteiger charge is 2.03. The van der Waals surface area contributed by atoms with E-state index in [1.165, 1.54) is 27.9 Å². The minimum Gasteiger partial charge on any atom is -0.491 e. The van der Waals surface area contributed by atoms with Crippen LogP contribution in [0.15, 0.2) is 36.4 Å². The van der Waals surface area contributed by atoms with E-state index in [2.05, 4.69) is 69.4 Å². The molecule has 0 aliphatic carbocycles. The van der Waals surface area contributed by atoms with Crippen LogP contribution in [0.1, 0.15) is 22.3 Å². The second-order valence-electron chi connectivity index (χ2n) is 5.24. The molecule has 0 saturated heterocycles. The van der Waals surface area contributed by atoms with Crippen molar-refractivity contribution in [3.05, 3.63) is 58.7 Å². The molecule has 2 aromatic carbocycles. The van der Waals surface area contributed by atoms with Crippen LogP contribution in [0.3, 0.4) is 0 Å². The number of benzene rings is 2. The van der Waals surface area contributed by atoms with Crippen LogP contribution in [-0.4, -0.2) is 13.2 Å². The summed E-state index contributed by atoms with van der Waals surface area (Å²) in [6, 6.07) is 12.6. The first-order chi connectivity index (χ1) is 9.59. The van der Waals surface area contributed by atoms with E-state index in [0.29, 0.717) is 6.61 Å². The third-order valence-electron chi connectivity index (χ3n) is 3.68. The molecule has 0 heterocycles. The van der Waals surface area contributed by atoms with Gasteiger partial charge in [0.1, 0.15) is 12.4 Å². The van der Waals surface area contributed by atoms with Gasteiger partial charge < -0.3 is 10.1 Å². The molecule has 2 aromatic rings. The molecule has 0 unspecified atom stereocenters. The summed E-state index contributed by atoms with van der Waals surface area (Å²) in [5.41, 5.74) is 6.19. The summed E-state index contributed by atoms with van der Waals surface area (Å²) in [7, 11) is 0. The van der Waals surface area contributed by atoms with Crippen LogP contribution in [0, 0.1) is 27.7 Å². The van der Waals surface area contributed by atoms with Crippen LogP contribution in [0.2, 0.25) is 0 Å². The molecule has 2 nitrogen and oxygen atoms in total. The Morgan fingerprint density at radius 2 is 1.45 bits per heavy atom. The molecule has 0 fully saturated rings. The second kappa shape index (κ2) is 6.47. The van der Waals surface area contributed by atoms with E-state index in [-0.39, 0.29) is 0 Å². The van der Waals surface area contributed by atoms with Crippen LogP contribution in [-0.2, 0) is 0 Å². The third kappa shape index (κ3) is 3.32. The van der Waals surface area contributed by atoms with Gasteiger partial charge in [0.2, 0.25) is 0 Å². The Morgan fingerprint density at radius 1 is 0.850 bits per heavy atom. The molecule has 0 spiro atoms. The van der Waals surface area contributed by atoms with E-state index in [1.54, 1.807) is 0 Å².